The number of nitrogens with zero attached hydrogens (tertiary/aromatic N) is 2. The summed E-state index contributed by atoms with van der Waals surface area (Å²) >= 11 is 0. The third-order valence-corrected chi connectivity index (χ3v) is 3.85. The molecule has 0 aromatic carbocycles. The fourth-order valence-corrected chi connectivity index (χ4v) is 2.82. The van der Waals surface area contributed by atoms with Gasteiger partial charge in [0.15, 0.2) is 5.82 Å². The van der Waals surface area contributed by atoms with E-state index in [9.17, 15) is 4.79 Å². The summed E-state index contributed by atoms with van der Waals surface area (Å²) in [5.74, 6) is 0.513. The van der Waals surface area contributed by atoms with Crippen LogP contribution in [0, 0.1) is 0 Å². The molecular weight excluding hydrogens is 256 g/mol. The van der Waals surface area contributed by atoms with Gasteiger partial charge in [-0.2, -0.15) is 5.10 Å². The molecule has 1 aliphatic carbocycles. The number of anilines is 2. The molecule has 1 aliphatic rings. The zero-order valence-electron chi connectivity index (χ0n) is 12.3. The second-order valence-corrected chi connectivity index (χ2v) is 5.22. The molecule has 112 valence electrons. The molecule has 0 unspecified atom stereocenters. The van der Waals surface area contributed by atoms with Crippen LogP contribution in [0.4, 0.5) is 11.6 Å². The lowest BCUT2D eigenvalue weighted by atomic mass is 10.1. The van der Waals surface area contributed by atoms with Crippen molar-refractivity contribution in [1.29, 1.82) is 0 Å². The predicted octanol–water partition coefficient (Wildman–Crippen LogP) is 2.58. The summed E-state index contributed by atoms with van der Waals surface area (Å²) in [6.07, 6.45) is 7.04. The first-order valence-electron chi connectivity index (χ1n) is 7.39. The molecule has 6 nitrogen and oxygen atoms in total. The number of nitrogen functional groups attached to an aromatic ring is 1. The van der Waals surface area contributed by atoms with E-state index in [0.717, 1.165) is 12.8 Å². The number of hydrogen-bond donors (Lipinski definition) is 2. The first kappa shape index (κ1) is 14.7. The van der Waals surface area contributed by atoms with Crippen molar-refractivity contribution in [3.63, 3.8) is 0 Å². The number of methoxy groups -OCH3 is 1. The van der Waals surface area contributed by atoms with Crippen LogP contribution in [0.25, 0.3) is 0 Å². The maximum atomic E-state index is 11.9. The molecule has 0 bridgehead atoms. The molecule has 0 radical (unpaired) electrons. The Morgan fingerprint density at radius 1 is 1.40 bits per heavy atom. The maximum absolute atomic E-state index is 11.9. The number of hydrogen-bond acceptors (Lipinski definition) is 5. The molecule has 0 spiro atoms. The zero-order chi connectivity index (χ0) is 14.5. The molecule has 1 heterocycles. The van der Waals surface area contributed by atoms with E-state index in [1.165, 1.54) is 32.8 Å². The van der Waals surface area contributed by atoms with Crippen LogP contribution >= 0.6 is 0 Å². The third kappa shape index (κ3) is 2.89. The maximum Gasteiger partial charge on any atom is 0.345 e. The van der Waals surface area contributed by atoms with Gasteiger partial charge in [-0.05, 0) is 19.8 Å². The fourth-order valence-electron chi connectivity index (χ4n) is 2.82. The zero-order valence-corrected chi connectivity index (χ0v) is 12.3. The van der Waals surface area contributed by atoms with Crippen molar-refractivity contribution in [2.45, 2.75) is 51.5 Å². The molecular formula is C14H24N4O2. The second-order valence-electron chi connectivity index (χ2n) is 5.22. The van der Waals surface area contributed by atoms with Crippen LogP contribution < -0.4 is 11.1 Å². The van der Waals surface area contributed by atoms with Crippen molar-refractivity contribution in [3.05, 3.63) is 5.56 Å². The average molecular weight is 280 g/mol. The largest absolute Gasteiger partial charge is 0.465 e. The van der Waals surface area contributed by atoms with Crippen LogP contribution in [-0.2, 0) is 4.74 Å². The predicted molar refractivity (Wildman–Crippen MR) is 78.9 cm³/mol. The van der Waals surface area contributed by atoms with Gasteiger partial charge >= 0.3 is 5.97 Å². The summed E-state index contributed by atoms with van der Waals surface area (Å²) in [6, 6.07) is 0.285. The van der Waals surface area contributed by atoms with Crippen LogP contribution in [0.1, 0.15) is 61.8 Å². The summed E-state index contributed by atoms with van der Waals surface area (Å²) < 4.78 is 6.63. The van der Waals surface area contributed by atoms with E-state index in [2.05, 4.69) is 10.4 Å². The highest BCUT2D eigenvalue weighted by Gasteiger charge is 2.26. The van der Waals surface area contributed by atoms with E-state index in [4.69, 9.17) is 10.5 Å². The number of rotatable bonds is 4. The molecule has 6 heteroatoms. The number of nitrogens with two attached hydrogens (primary N) is 1. The van der Waals surface area contributed by atoms with Crippen molar-refractivity contribution in [1.82, 2.24) is 9.78 Å². The molecule has 1 aromatic heterocycles. The fraction of sp³-hybridized carbons (Fsp3) is 0.714. The van der Waals surface area contributed by atoms with Gasteiger partial charge in [0.1, 0.15) is 11.4 Å². The van der Waals surface area contributed by atoms with E-state index in [1.54, 1.807) is 0 Å². The van der Waals surface area contributed by atoms with Crippen molar-refractivity contribution < 1.29 is 9.53 Å². The summed E-state index contributed by atoms with van der Waals surface area (Å²) in [6.45, 7) is 2.65. The van der Waals surface area contributed by atoms with E-state index in [1.807, 2.05) is 11.6 Å². The molecule has 0 saturated heterocycles. The lowest BCUT2D eigenvalue weighted by molar-refractivity contribution is 0.0603. The number of carbonyl (C=O) groups is 1. The van der Waals surface area contributed by atoms with Crippen molar-refractivity contribution in [2.24, 2.45) is 0 Å². The van der Waals surface area contributed by atoms with Crippen LogP contribution in [0.5, 0.6) is 0 Å². The molecule has 0 atom stereocenters. The minimum Gasteiger partial charge on any atom is -0.465 e. The standard InChI is InChI=1S/C14H24N4O2/c1-3-16-13-11(14(19)20-2)12(15)18(17-13)10-8-6-4-5-7-9-10/h10H,3-9,15H2,1-2H3,(H,16,17). The highest BCUT2D eigenvalue weighted by molar-refractivity contribution is 5.99. The lowest BCUT2D eigenvalue weighted by Gasteiger charge is -2.16. The first-order valence-corrected chi connectivity index (χ1v) is 7.39. The molecule has 1 fully saturated rings. The summed E-state index contributed by atoms with van der Waals surface area (Å²) in [5, 5.41) is 7.61. The van der Waals surface area contributed by atoms with Crippen molar-refractivity contribution in [3.8, 4) is 0 Å². The topological polar surface area (TPSA) is 82.2 Å². The second kappa shape index (κ2) is 6.63. The number of carbonyl (C=O) groups excluding carboxylic acids is 1. The van der Waals surface area contributed by atoms with Gasteiger partial charge in [0.25, 0.3) is 0 Å². The Balaban J connectivity index is 2.35. The normalized spacial score (nSPS) is 16.7. The average Bonchev–Trinajstić information content (AvgIpc) is 2.65. The van der Waals surface area contributed by atoms with E-state index in [0.29, 0.717) is 23.7 Å². The quantitative estimate of drug-likeness (QED) is 0.654. The molecule has 2 rings (SSSR count). The number of nitrogens with one attached hydrogen (secondary N) is 1. The van der Waals surface area contributed by atoms with Crippen molar-refractivity contribution in [2.75, 3.05) is 24.7 Å². The van der Waals surface area contributed by atoms with Gasteiger partial charge in [-0.15, -0.1) is 0 Å². The molecule has 20 heavy (non-hydrogen) atoms. The summed E-state index contributed by atoms with van der Waals surface area (Å²) in [4.78, 5) is 11.9. The number of esters is 1. The van der Waals surface area contributed by atoms with Crippen LogP contribution in [0.2, 0.25) is 0 Å². The highest BCUT2D eigenvalue weighted by atomic mass is 16.5. The van der Waals surface area contributed by atoms with Crippen LogP contribution in [0.15, 0.2) is 0 Å². The minimum absolute atomic E-state index is 0.285. The Morgan fingerprint density at radius 2 is 2.05 bits per heavy atom. The lowest BCUT2D eigenvalue weighted by Crippen LogP contribution is -2.14. The van der Waals surface area contributed by atoms with Gasteiger partial charge in [-0.1, -0.05) is 25.7 Å². The molecule has 0 aliphatic heterocycles. The molecule has 1 aromatic rings. The Morgan fingerprint density at radius 3 is 2.60 bits per heavy atom. The van der Waals surface area contributed by atoms with Crippen molar-refractivity contribution >= 4 is 17.6 Å². The SMILES string of the molecule is CCNc1nn(C2CCCCCC2)c(N)c1C(=O)OC. The third-order valence-electron chi connectivity index (χ3n) is 3.85. The minimum atomic E-state index is -0.432. The Hall–Kier alpha value is -1.72. The van der Waals surface area contributed by atoms with E-state index in [-0.39, 0.29) is 6.04 Å². The Labute approximate surface area is 119 Å². The molecule has 3 N–H and O–H groups in total. The number of ether oxygens (including phenoxy) is 1. The van der Waals surface area contributed by atoms with Gasteiger partial charge in [0.05, 0.1) is 13.2 Å². The Kier molecular flexibility index (Phi) is 4.87. The van der Waals surface area contributed by atoms with Gasteiger partial charge in [-0.3, -0.25) is 0 Å². The first-order chi connectivity index (χ1) is 9.69. The summed E-state index contributed by atoms with van der Waals surface area (Å²) in [7, 11) is 1.36. The molecule has 0 amide bonds. The van der Waals surface area contributed by atoms with Gasteiger partial charge in [-0.25, -0.2) is 9.48 Å². The van der Waals surface area contributed by atoms with Gasteiger partial charge in [0.2, 0.25) is 0 Å². The van der Waals surface area contributed by atoms with E-state index < -0.39 is 5.97 Å². The van der Waals surface area contributed by atoms with Crippen LogP contribution in [-0.4, -0.2) is 29.4 Å². The monoisotopic (exact) mass is 280 g/mol. The molecule has 1 saturated carbocycles. The van der Waals surface area contributed by atoms with E-state index >= 15 is 0 Å². The highest BCUT2D eigenvalue weighted by Crippen LogP contribution is 2.32. The van der Waals surface area contributed by atoms with Gasteiger partial charge in [0, 0.05) is 6.54 Å². The smallest absolute Gasteiger partial charge is 0.345 e. The Bertz CT molecular complexity index is 462. The number of aromatic nitrogens is 2. The van der Waals surface area contributed by atoms with Crippen LogP contribution in [0.3, 0.4) is 0 Å². The van der Waals surface area contributed by atoms with Gasteiger partial charge < -0.3 is 15.8 Å². The summed E-state index contributed by atoms with van der Waals surface area (Å²) in [5.41, 5.74) is 6.51.